The number of hydrogen-bond acceptors (Lipinski definition) is 4. The Bertz CT molecular complexity index is 448. The van der Waals surface area contributed by atoms with Crippen molar-refractivity contribution in [2.45, 2.75) is 18.6 Å². The number of rotatable bonds is 2. The van der Waals surface area contributed by atoms with Crippen LogP contribution in [0, 0.1) is 0 Å². The van der Waals surface area contributed by atoms with Gasteiger partial charge in [-0.1, -0.05) is 0 Å². The van der Waals surface area contributed by atoms with Crippen LogP contribution in [0.5, 0.6) is 0 Å². The predicted molar refractivity (Wildman–Crippen MR) is 76.2 cm³/mol. The molecule has 0 atom stereocenters. The average molecular weight is 265 g/mol. The van der Waals surface area contributed by atoms with Gasteiger partial charge in [0.25, 0.3) is 5.91 Å². The molecule has 4 nitrogen and oxygen atoms in total. The van der Waals surface area contributed by atoms with E-state index in [1.165, 1.54) is 0 Å². The van der Waals surface area contributed by atoms with E-state index in [0.29, 0.717) is 5.69 Å². The van der Waals surface area contributed by atoms with Crippen LogP contribution in [0.2, 0.25) is 0 Å². The highest BCUT2D eigenvalue weighted by Crippen LogP contribution is 2.30. The van der Waals surface area contributed by atoms with Crippen molar-refractivity contribution in [3.8, 4) is 0 Å². The van der Waals surface area contributed by atoms with Gasteiger partial charge in [0, 0.05) is 42.5 Å². The number of nitrogens with zero attached hydrogens (tertiary/aromatic N) is 2. The highest BCUT2D eigenvalue weighted by molar-refractivity contribution is 8.00. The fraction of sp³-hybridized carbons (Fsp3) is 0.538. The summed E-state index contributed by atoms with van der Waals surface area (Å²) in [5.41, 5.74) is 1.43. The average Bonchev–Trinajstić information content (AvgIpc) is 2.37. The van der Waals surface area contributed by atoms with Crippen LogP contribution in [0.25, 0.3) is 0 Å². The molecule has 1 aliphatic rings. The molecule has 1 aromatic heterocycles. The Morgan fingerprint density at radius 3 is 3.00 bits per heavy atom. The molecule has 0 unspecified atom stereocenters. The molecule has 0 aliphatic carbocycles. The summed E-state index contributed by atoms with van der Waals surface area (Å²) in [6.07, 6.45) is 1.67. The molecule has 98 valence electrons. The molecule has 18 heavy (non-hydrogen) atoms. The molecule has 0 radical (unpaired) electrons. The maximum Gasteiger partial charge on any atom is 0.272 e. The largest absolute Gasteiger partial charge is 0.388 e. The summed E-state index contributed by atoms with van der Waals surface area (Å²) < 4.78 is 0.133. The van der Waals surface area contributed by atoms with Gasteiger partial charge in [0.15, 0.2) is 0 Å². The van der Waals surface area contributed by atoms with Gasteiger partial charge >= 0.3 is 0 Å². The standard InChI is InChI=1S/C13H19N3OS/c1-13(2)9-16(6-7-18-13)12(17)11-8-10(14-3)4-5-15-11/h4-5,8H,6-7,9H2,1-3H3,(H,14,15). The molecule has 1 saturated heterocycles. The summed E-state index contributed by atoms with van der Waals surface area (Å²) in [5, 5.41) is 3.03. The third-order valence-corrected chi connectivity index (χ3v) is 4.28. The van der Waals surface area contributed by atoms with E-state index >= 15 is 0 Å². The summed E-state index contributed by atoms with van der Waals surface area (Å²) in [7, 11) is 1.84. The first kappa shape index (κ1) is 13.2. The fourth-order valence-electron chi connectivity index (χ4n) is 2.05. The number of aromatic nitrogens is 1. The van der Waals surface area contributed by atoms with Crippen molar-refractivity contribution in [1.29, 1.82) is 0 Å². The zero-order valence-electron chi connectivity index (χ0n) is 11.1. The van der Waals surface area contributed by atoms with Crippen LogP contribution in [0.1, 0.15) is 24.3 Å². The minimum atomic E-state index is 0.0282. The van der Waals surface area contributed by atoms with Gasteiger partial charge in [-0.2, -0.15) is 11.8 Å². The van der Waals surface area contributed by atoms with E-state index in [2.05, 4.69) is 24.1 Å². The van der Waals surface area contributed by atoms with E-state index < -0.39 is 0 Å². The second-order valence-corrected chi connectivity index (χ2v) is 6.82. The van der Waals surface area contributed by atoms with Crippen molar-refractivity contribution >= 4 is 23.4 Å². The smallest absolute Gasteiger partial charge is 0.272 e. The van der Waals surface area contributed by atoms with Crippen molar-refractivity contribution in [3.63, 3.8) is 0 Å². The van der Waals surface area contributed by atoms with Crippen molar-refractivity contribution in [1.82, 2.24) is 9.88 Å². The molecule has 1 N–H and O–H groups in total. The highest BCUT2D eigenvalue weighted by atomic mass is 32.2. The summed E-state index contributed by atoms with van der Waals surface area (Å²) in [6, 6.07) is 3.66. The zero-order valence-corrected chi connectivity index (χ0v) is 11.9. The summed E-state index contributed by atoms with van der Waals surface area (Å²) in [6.45, 7) is 5.93. The van der Waals surface area contributed by atoms with Crippen LogP contribution >= 0.6 is 11.8 Å². The summed E-state index contributed by atoms with van der Waals surface area (Å²) in [5.74, 6) is 1.02. The molecule has 0 aromatic carbocycles. The van der Waals surface area contributed by atoms with Crippen LogP contribution < -0.4 is 5.32 Å². The minimum Gasteiger partial charge on any atom is -0.388 e. The highest BCUT2D eigenvalue weighted by Gasteiger charge is 2.30. The van der Waals surface area contributed by atoms with Gasteiger partial charge in [-0.25, -0.2) is 0 Å². The maximum atomic E-state index is 12.4. The molecule has 0 saturated carbocycles. The van der Waals surface area contributed by atoms with E-state index in [0.717, 1.165) is 24.5 Å². The number of hydrogen-bond donors (Lipinski definition) is 1. The Balaban J connectivity index is 2.15. The van der Waals surface area contributed by atoms with Crippen LogP contribution in [0.3, 0.4) is 0 Å². The lowest BCUT2D eigenvalue weighted by molar-refractivity contribution is 0.0742. The van der Waals surface area contributed by atoms with Crippen LogP contribution in [-0.4, -0.2) is 46.4 Å². The molecule has 1 amide bonds. The van der Waals surface area contributed by atoms with Crippen molar-refractivity contribution in [2.75, 3.05) is 31.2 Å². The number of thioether (sulfide) groups is 1. The van der Waals surface area contributed by atoms with Gasteiger partial charge in [-0.05, 0) is 26.0 Å². The second kappa shape index (κ2) is 5.18. The number of nitrogens with one attached hydrogen (secondary N) is 1. The number of anilines is 1. The van der Waals surface area contributed by atoms with Crippen LogP contribution in [-0.2, 0) is 0 Å². The zero-order chi connectivity index (χ0) is 13.2. The topological polar surface area (TPSA) is 45.2 Å². The first-order valence-electron chi connectivity index (χ1n) is 6.09. The number of amides is 1. The van der Waals surface area contributed by atoms with Crippen molar-refractivity contribution in [2.24, 2.45) is 0 Å². The lowest BCUT2D eigenvalue weighted by Crippen LogP contribution is -2.46. The fourth-order valence-corrected chi connectivity index (χ4v) is 3.17. The number of carbonyl (C=O) groups is 1. The Morgan fingerprint density at radius 1 is 1.56 bits per heavy atom. The summed E-state index contributed by atoms with van der Waals surface area (Å²) in [4.78, 5) is 18.5. The van der Waals surface area contributed by atoms with E-state index in [-0.39, 0.29) is 10.7 Å². The third kappa shape index (κ3) is 2.96. The second-order valence-electron chi connectivity index (χ2n) is 5.01. The molecule has 0 spiro atoms. The van der Waals surface area contributed by atoms with Gasteiger partial charge in [-0.3, -0.25) is 9.78 Å². The van der Waals surface area contributed by atoms with E-state index in [9.17, 15) is 4.79 Å². The van der Waals surface area contributed by atoms with E-state index in [4.69, 9.17) is 0 Å². The van der Waals surface area contributed by atoms with Gasteiger partial charge in [0.05, 0.1) is 0 Å². The van der Waals surface area contributed by atoms with Gasteiger partial charge in [-0.15, -0.1) is 0 Å². The Morgan fingerprint density at radius 2 is 2.33 bits per heavy atom. The molecule has 2 heterocycles. The Hall–Kier alpha value is -1.23. The predicted octanol–water partition coefficient (Wildman–Crippen LogP) is 2.09. The van der Waals surface area contributed by atoms with Crippen molar-refractivity contribution < 1.29 is 4.79 Å². The summed E-state index contributed by atoms with van der Waals surface area (Å²) >= 11 is 1.92. The lowest BCUT2D eigenvalue weighted by atomic mass is 10.1. The minimum absolute atomic E-state index is 0.0282. The van der Waals surface area contributed by atoms with Crippen molar-refractivity contribution in [3.05, 3.63) is 24.0 Å². The quantitative estimate of drug-likeness (QED) is 0.889. The molecule has 0 bridgehead atoms. The monoisotopic (exact) mass is 265 g/mol. The Kier molecular flexibility index (Phi) is 3.80. The molecule has 1 aliphatic heterocycles. The van der Waals surface area contributed by atoms with Crippen LogP contribution in [0.4, 0.5) is 5.69 Å². The maximum absolute atomic E-state index is 12.4. The molecular formula is C13H19N3OS. The molecule has 5 heteroatoms. The Labute approximate surface area is 112 Å². The van der Waals surface area contributed by atoms with E-state index in [1.807, 2.05) is 29.8 Å². The molecular weight excluding hydrogens is 246 g/mol. The number of pyridine rings is 1. The molecule has 1 aromatic rings. The molecule has 1 fully saturated rings. The van der Waals surface area contributed by atoms with Crippen LogP contribution in [0.15, 0.2) is 18.3 Å². The first-order chi connectivity index (χ1) is 8.52. The normalized spacial score (nSPS) is 18.5. The van der Waals surface area contributed by atoms with Gasteiger partial charge < -0.3 is 10.2 Å². The van der Waals surface area contributed by atoms with E-state index in [1.54, 1.807) is 12.3 Å². The third-order valence-electron chi connectivity index (χ3n) is 2.98. The SMILES string of the molecule is CNc1ccnc(C(=O)N2CCSC(C)(C)C2)c1. The molecule has 2 rings (SSSR count). The number of carbonyl (C=O) groups excluding carboxylic acids is 1. The van der Waals surface area contributed by atoms with Gasteiger partial charge in [0.2, 0.25) is 0 Å². The first-order valence-corrected chi connectivity index (χ1v) is 7.07. The van der Waals surface area contributed by atoms with Gasteiger partial charge in [0.1, 0.15) is 5.69 Å². The lowest BCUT2D eigenvalue weighted by Gasteiger charge is -2.37.